The number of aliphatic hydroxyl groups is 1. The zero-order chi connectivity index (χ0) is 14.9. The second kappa shape index (κ2) is 5.72. The molecule has 1 aliphatic rings. The molecule has 0 amide bonds. The van der Waals surface area contributed by atoms with Crippen LogP contribution in [0.15, 0.2) is 18.2 Å². The summed E-state index contributed by atoms with van der Waals surface area (Å²) in [5.41, 5.74) is -1.54. The van der Waals surface area contributed by atoms with E-state index in [0.717, 1.165) is 31.7 Å². The molecule has 0 spiro atoms. The van der Waals surface area contributed by atoms with Crippen molar-refractivity contribution in [2.45, 2.75) is 44.9 Å². The van der Waals surface area contributed by atoms with Crippen molar-refractivity contribution in [2.24, 2.45) is 11.8 Å². The van der Waals surface area contributed by atoms with Gasteiger partial charge in [-0.1, -0.05) is 31.9 Å². The van der Waals surface area contributed by atoms with Crippen LogP contribution in [0.2, 0.25) is 0 Å². The molecule has 1 aromatic rings. The van der Waals surface area contributed by atoms with Crippen molar-refractivity contribution in [3.63, 3.8) is 0 Å². The van der Waals surface area contributed by atoms with Crippen molar-refractivity contribution < 1.29 is 22.7 Å². The maximum Gasteiger partial charge on any atom is 0.419 e. The average molecular weight is 290 g/mol. The van der Waals surface area contributed by atoms with Crippen molar-refractivity contribution >= 4 is 0 Å². The monoisotopic (exact) mass is 290 g/mol. The highest BCUT2D eigenvalue weighted by Crippen LogP contribution is 2.40. The third kappa shape index (κ3) is 3.14. The molecule has 1 N–H and O–H groups in total. The van der Waals surface area contributed by atoms with E-state index in [9.17, 15) is 22.7 Å². The van der Waals surface area contributed by atoms with E-state index in [-0.39, 0.29) is 11.5 Å². The van der Waals surface area contributed by atoms with Crippen LogP contribution in [0.3, 0.4) is 0 Å². The summed E-state index contributed by atoms with van der Waals surface area (Å²) < 4.78 is 52.0. The topological polar surface area (TPSA) is 20.2 Å². The Morgan fingerprint density at radius 1 is 1.15 bits per heavy atom. The molecule has 112 valence electrons. The summed E-state index contributed by atoms with van der Waals surface area (Å²) in [5.74, 6) is -0.944. The number of halogens is 4. The molecule has 1 saturated carbocycles. The number of aliphatic hydroxyl groups excluding tert-OH is 1. The van der Waals surface area contributed by atoms with Gasteiger partial charge in [0.25, 0.3) is 0 Å². The summed E-state index contributed by atoms with van der Waals surface area (Å²) >= 11 is 0. The summed E-state index contributed by atoms with van der Waals surface area (Å²) in [6.07, 6.45) is -2.62. The van der Waals surface area contributed by atoms with Crippen LogP contribution >= 0.6 is 0 Å². The third-order valence-electron chi connectivity index (χ3n) is 4.16. The number of hydrogen-bond donors (Lipinski definition) is 1. The van der Waals surface area contributed by atoms with E-state index in [1.54, 1.807) is 0 Å². The predicted molar refractivity (Wildman–Crippen MR) is 67.5 cm³/mol. The van der Waals surface area contributed by atoms with E-state index in [4.69, 9.17) is 0 Å². The van der Waals surface area contributed by atoms with Gasteiger partial charge in [-0.05, 0) is 30.7 Å². The van der Waals surface area contributed by atoms with Gasteiger partial charge in [-0.25, -0.2) is 4.39 Å². The van der Waals surface area contributed by atoms with Gasteiger partial charge in [0.15, 0.2) is 0 Å². The van der Waals surface area contributed by atoms with Crippen LogP contribution in [0, 0.1) is 17.7 Å². The number of hydrogen-bond acceptors (Lipinski definition) is 1. The fourth-order valence-electron chi connectivity index (χ4n) is 2.85. The Kier molecular flexibility index (Phi) is 4.37. The number of rotatable bonds is 2. The molecule has 5 heteroatoms. The van der Waals surface area contributed by atoms with E-state index < -0.39 is 23.7 Å². The number of alkyl halides is 3. The zero-order valence-corrected chi connectivity index (χ0v) is 11.3. The molecule has 1 fully saturated rings. The first-order chi connectivity index (χ1) is 9.30. The molecule has 0 saturated heterocycles. The van der Waals surface area contributed by atoms with E-state index in [1.165, 1.54) is 6.07 Å². The largest absolute Gasteiger partial charge is 0.419 e. The second-order valence-electron chi connectivity index (χ2n) is 5.67. The Hall–Kier alpha value is -1.10. The molecule has 1 unspecified atom stereocenters. The van der Waals surface area contributed by atoms with Gasteiger partial charge in [0.2, 0.25) is 0 Å². The summed E-state index contributed by atoms with van der Waals surface area (Å²) in [4.78, 5) is 0. The molecule has 0 bridgehead atoms. The van der Waals surface area contributed by atoms with Crippen LogP contribution < -0.4 is 0 Å². The molecule has 0 radical (unpaired) electrons. The first-order valence-electron chi connectivity index (χ1n) is 6.84. The lowest BCUT2D eigenvalue weighted by molar-refractivity contribution is -0.140. The normalized spacial score (nSPS) is 25.5. The highest BCUT2D eigenvalue weighted by Gasteiger charge is 2.36. The van der Waals surface area contributed by atoms with Crippen LogP contribution in [0.4, 0.5) is 17.6 Å². The van der Waals surface area contributed by atoms with Crippen molar-refractivity contribution in [3.05, 3.63) is 35.1 Å². The van der Waals surface area contributed by atoms with Gasteiger partial charge < -0.3 is 5.11 Å². The Morgan fingerprint density at radius 3 is 2.30 bits per heavy atom. The summed E-state index contributed by atoms with van der Waals surface area (Å²) in [7, 11) is 0. The van der Waals surface area contributed by atoms with Gasteiger partial charge in [0, 0.05) is 5.56 Å². The van der Waals surface area contributed by atoms with Gasteiger partial charge >= 0.3 is 6.18 Å². The maximum atomic E-state index is 14.0. The van der Waals surface area contributed by atoms with E-state index in [1.807, 2.05) is 0 Å². The van der Waals surface area contributed by atoms with Crippen LogP contribution in [0.1, 0.15) is 49.8 Å². The van der Waals surface area contributed by atoms with Crippen LogP contribution in [-0.4, -0.2) is 5.11 Å². The van der Waals surface area contributed by atoms with Gasteiger partial charge in [0.1, 0.15) is 5.82 Å². The van der Waals surface area contributed by atoms with Gasteiger partial charge in [-0.2, -0.15) is 13.2 Å². The minimum Gasteiger partial charge on any atom is -0.388 e. The van der Waals surface area contributed by atoms with Gasteiger partial charge in [-0.15, -0.1) is 0 Å². The standard InChI is InChI=1S/C15H18F4O/c1-9-5-7-10(8-6-9)14(20)11-3-2-4-12(13(11)16)15(17,18)19/h2-4,9-10,14,20H,5-8H2,1H3. The lowest BCUT2D eigenvalue weighted by atomic mass is 9.78. The molecular formula is C15H18F4O. The first-order valence-corrected chi connectivity index (χ1v) is 6.84. The molecular weight excluding hydrogens is 272 g/mol. The molecule has 1 atom stereocenters. The minimum absolute atomic E-state index is 0.163. The smallest absolute Gasteiger partial charge is 0.388 e. The van der Waals surface area contributed by atoms with Crippen molar-refractivity contribution in [1.29, 1.82) is 0 Å². The molecule has 0 aliphatic heterocycles. The lowest BCUT2D eigenvalue weighted by Gasteiger charge is -2.30. The Morgan fingerprint density at radius 2 is 1.75 bits per heavy atom. The van der Waals surface area contributed by atoms with Crippen molar-refractivity contribution in [3.8, 4) is 0 Å². The Labute approximate surface area is 115 Å². The van der Waals surface area contributed by atoms with Crippen molar-refractivity contribution in [1.82, 2.24) is 0 Å². The highest BCUT2D eigenvalue weighted by atomic mass is 19.4. The van der Waals surface area contributed by atoms with Crippen LogP contribution in [0.25, 0.3) is 0 Å². The lowest BCUT2D eigenvalue weighted by Crippen LogP contribution is -2.21. The first kappa shape index (κ1) is 15.3. The minimum atomic E-state index is -4.74. The summed E-state index contributed by atoms with van der Waals surface area (Å²) in [6.45, 7) is 2.10. The maximum absolute atomic E-state index is 14.0. The second-order valence-corrected chi connectivity index (χ2v) is 5.67. The molecule has 1 aliphatic carbocycles. The predicted octanol–water partition coefficient (Wildman–Crippen LogP) is 4.70. The molecule has 0 aromatic heterocycles. The fraction of sp³-hybridized carbons (Fsp3) is 0.600. The van der Waals surface area contributed by atoms with Crippen LogP contribution in [0.5, 0.6) is 0 Å². The molecule has 2 rings (SSSR count). The third-order valence-corrected chi connectivity index (χ3v) is 4.16. The quantitative estimate of drug-likeness (QED) is 0.782. The molecule has 0 heterocycles. The van der Waals surface area contributed by atoms with E-state index in [2.05, 4.69) is 6.92 Å². The van der Waals surface area contributed by atoms with Crippen LogP contribution in [-0.2, 0) is 6.18 Å². The summed E-state index contributed by atoms with van der Waals surface area (Å²) in [6, 6.07) is 3.09. The molecule has 1 aromatic carbocycles. The molecule has 20 heavy (non-hydrogen) atoms. The highest BCUT2D eigenvalue weighted by molar-refractivity contribution is 5.30. The summed E-state index contributed by atoms with van der Waals surface area (Å²) in [5, 5.41) is 10.2. The Bertz CT molecular complexity index is 461. The van der Waals surface area contributed by atoms with E-state index in [0.29, 0.717) is 12.0 Å². The average Bonchev–Trinajstić information content (AvgIpc) is 2.37. The Balaban J connectivity index is 2.24. The fourth-order valence-corrected chi connectivity index (χ4v) is 2.85. The SMILES string of the molecule is CC1CCC(C(O)c2cccc(C(F)(F)F)c2F)CC1. The molecule has 1 nitrogen and oxygen atoms in total. The van der Waals surface area contributed by atoms with Gasteiger partial charge in [0.05, 0.1) is 11.7 Å². The van der Waals surface area contributed by atoms with Gasteiger partial charge in [-0.3, -0.25) is 0 Å². The van der Waals surface area contributed by atoms with E-state index >= 15 is 0 Å². The number of benzene rings is 1. The zero-order valence-electron chi connectivity index (χ0n) is 11.3. The van der Waals surface area contributed by atoms with Crippen molar-refractivity contribution in [2.75, 3.05) is 0 Å².